The van der Waals surface area contributed by atoms with Crippen molar-refractivity contribution >= 4 is 17.3 Å². The summed E-state index contributed by atoms with van der Waals surface area (Å²) in [4.78, 5) is 11.9. The van der Waals surface area contributed by atoms with Gasteiger partial charge in [-0.05, 0) is 61.0 Å². The van der Waals surface area contributed by atoms with Crippen LogP contribution in [0.1, 0.15) is 12.5 Å². The molecular formula is C18H21N3O3. The van der Waals surface area contributed by atoms with Crippen LogP contribution in [0.5, 0.6) is 11.5 Å². The Bertz CT molecular complexity index is 694. The maximum absolute atomic E-state index is 11.9. The van der Waals surface area contributed by atoms with Crippen LogP contribution >= 0.6 is 0 Å². The highest BCUT2D eigenvalue weighted by Crippen LogP contribution is 2.14. The number of carbonyl (C=O) groups excluding carboxylic acids is 1. The second-order valence-electron chi connectivity index (χ2n) is 5.04. The van der Waals surface area contributed by atoms with Gasteiger partial charge < -0.3 is 14.8 Å². The van der Waals surface area contributed by atoms with Crippen LogP contribution in [0.25, 0.3) is 0 Å². The lowest BCUT2D eigenvalue weighted by molar-refractivity contribution is -0.119. The Kier molecular flexibility index (Phi) is 6.19. The minimum atomic E-state index is -0.223. The van der Waals surface area contributed by atoms with Gasteiger partial charge in [0.2, 0.25) is 0 Å². The molecule has 2 rings (SSSR count). The predicted octanol–water partition coefficient (Wildman–Crippen LogP) is 2.66. The minimum absolute atomic E-state index is 0.131. The van der Waals surface area contributed by atoms with Crippen molar-refractivity contribution in [3.63, 3.8) is 0 Å². The molecule has 2 aromatic carbocycles. The number of hydrogen-bond donors (Lipinski definition) is 2. The first-order valence-corrected chi connectivity index (χ1v) is 7.48. The van der Waals surface area contributed by atoms with E-state index in [0.29, 0.717) is 0 Å². The van der Waals surface area contributed by atoms with Crippen LogP contribution in [0.2, 0.25) is 0 Å². The molecular weight excluding hydrogens is 306 g/mol. The fourth-order valence-electron chi connectivity index (χ4n) is 1.97. The van der Waals surface area contributed by atoms with E-state index in [1.54, 1.807) is 14.2 Å². The smallest absolute Gasteiger partial charge is 0.259 e. The summed E-state index contributed by atoms with van der Waals surface area (Å²) in [5.74, 6) is 1.32. The Labute approximate surface area is 141 Å². The number of benzene rings is 2. The molecule has 0 aliphatic carbocycles. The third-order valence-corrected chi connectivity index (χ3v) is 3.40. The number of rotatable bonds is 7. The Balaban J connectivity index is 1.84. The zero-order chi connectivity index (χ0) is 17.4. The van der Waals surface area contributed by atoms with E-state index in [0.717, 1.165) is 28.5 Å². The summed E-state index contributed by atoms with van der Waals surface area (Å²) in [7, 11) is 3.23. The normalized spacial score (nSPS) is 10.9. The molecule has 6 nitrogen and oxygen atoms in total. The molecule has 0 atom stereocenters. The number of nitrogens with zero attached hydrogens (tertiary/aromatic N) is 1. The number of anilines is 1. The second kappa shape index (κ2) is 8.57. The molecule has 0 saturated heterocycles. The summed E-state index contributed by atoms with van der Waals surface area (Å²) in [6.07, 6.45) is 0. The van der Waals surface area contributed by atoms with Crippen molar-refractivity contribution in [1.29, 1.82) is 0 Å². The first kappa shape index (κ1) is 17.3. The summed E-state index contributed by atoms with van der Waals surface area (Å²) >= 11 is 0. The van der Waals surface area contributed by atoms with Gasteiger partial charge in [0.1, 0.15) is 11.5 Å². The molecule has 0 bridgehead atoms. The van der Waals surface area contributed by atoms with Crippen LogP contribution in [0.3, 0.4) is 0 Å². The molecule has 126 valence electrons. The first-order chi connectivity index (χ1) is 11.6. The van der Waals surface area contributed by atoms with Crippen molar-refractivity contribution in [2.45, 2.75) is 6.92 Å². The van der Waals surface area contributed by atoms with Crippen LogP contribution in [0.15, 0.2) is 53.6 Å². The fourth-order valence-corrected chi connectivity index (χ4v) is 1.97. The number of nitrogens with one attached hydrogen (secondary N) is 2. The number of ether oxygens (including phenoxy) is 2. The summed E-state index contributed by atoms with van der Waals surface area (Å²) in [5, 5.41) is 7.13. The molecule has 1 amide bonds. The summed E-state index contributed by atoms with van der Waals surface area (Å²) < 4.78 is 10.2. The minimum Gasteiger partial charge on any atom is -0.497 e. The van der Waals surface area contributed by atoms with Gasteiger partial charge in [0.15, 0.2) is 0 Å². The topological polar surface area (TPSA) is 72.0 Å². The van der Waals surface area contributed by atoms with Crippen LogP contribution in [-0.2, 0) is 4.79 Å². The first-order valence-electron chi connectivity index (χ1n) is 7.48. The molecule has 0 unspecified atom stereocenters. The van der Waals surface area contributed by atoms with E-state index in [-0.39, 0.29) is 12.5 Å². The van der Waals surface area contributed by atoms with Gasteiger partial charge in [-0.3, -0.25) is 4.79 Å². The van der Waals surface area contributed by atoms with Gasteiger partial charge in [0.05, 0.1) is 26.5 Å². The molecule has 0 radical (unpaired) electrons. The van der Waals surface area contributed by atoms with Crippen molar-refractivity contribution in [3.05, 3.63) is 54.1 Å². The van der Waals surface area contributed by atoms with E-state index in [2.05, 4.69) is 15.8 Å². The number of amides is 1. The summed E-state index contributed by atoms with van der Waals surface area (Å²) in [5.41, 5.74) is 5.00. The standard InChI is InChI=1S/C18H21N3O3/c1-13(14-4-8-16(23-2)9-5-14)20-21-18(22)12-19-15-6-10-17(24-3)11-7-15/h4-11,19H,12H2,1-3H3,(H,21,22). The number of carbonyl (C=O) groups is 1. The lowest BCUT2D eigenvalue weighted by atomic mass is 10.1. The quantitative estimate of drug-likeness (QED) is 0.606. The summed E-state index contributed by atoms with van der Waals surface area (Å²) in [6, 6.07) is 14.8. The van der Waals surface area contributed by atoms with E-state index in [1.165, 1.54) is 0 Å². The Hall–Kier alpha value is -3.02. The van der Waals surface area contributed by atoms with Crippen molar-refractivity contribution in [2.75, 3.05) is 26.1 Å². The molecule has 0 fully saturated rings. The van der Waals surface area contributed by atoms with Gasteiger partial charge in [-0.15, -0.1) is 0 Å². The van der Waals surface area contributed by atoms with Crippen molar-refractivity contribution in [3.8, 4) is 11.5 Å². The third kappa shape index (κ3) is 5.01. The molecule has 2 N–H and O–H groups in total. The van der Waals surface area contributed by atoms with E-state index in [9.17, 15) is 4.79 Å². The molecule has 0 spiro atoms. The van der Waals surface area contributed by atoms with Gasteiger partial charge in [-0.1, -0.05) is 0 Å². The van der Waals surface area contributed by atoms with Crippen LogP contribution in [-0.4, -0.2) is 32.4 Å². The zero-order valence-electron chi connectivity index (χ0n) is 14.0. The highest BCUT2D eigenvalue weighted by Gasteiger charge is 2.02. The van der Waals surface area contributed by atoms with Gasteiger partial charge in [0.25, 0.3) is 5.91 Å². The molecule has 0 aliphatic rings. The number of hydrogen-bond acceptors (Lipinski definition) is 5. The highest BCUT2D eigenvalue weighted by atomic mass is 16.5. The van der Waals surface area contributed by atoms with E-state index >= 15 is 0 Å². The predicted molar refractivity (Wildman–Crippen MR) is 94.8 cm³/mol. The zero-order valence-corrected chi connectivity index (χ0v) is 14.0. The number of hydrazone groups is 1. The molecule has 24 heavy (non-hydrogen) atoms. The monoisotopic (exact) mass is 327 g/mol. The van der Waals surface area contributed by atoms with Gasteiger partial charge in [-0.2, -0.15) is 5.10 Å². The average Bonchev–Trinajstić information content (AvgIpc) is 2.64. The molecule has 0 aromatic heterocycles. The van der Waals surface area contributed by atoms with E-state index < -0.39 is 0 Å². The average molecular weight is 327 g/mol. The number of methoxy groups -OCH3 is 2. The van der Waals surface area contributed by atoms with Crippen LogP contribution < -0.4 is 20.2 Å². The van der Waals surface area contributed by atoms with Gasteiger partial charge in [-0.25, -0.2) is 5.43 Å². The molecule has 0 saturated carbocycles. The SMILES string of the molecule is COc1ccc(NCC(=O)NN=C(C)c2ccc(OC)cc2)cc1. The van der Waals surface area contributed by atoms with Crippen molar-refractivity contribution in [2.24, 2.45) is 5.10 Å². The molecule has 6 heteroatoms. The lowest BCUT2D eigenvalue weighted by Crippen LogP contribution is -2.26. The largest absolute Gasteiger partial charge is 0.497 e. The van der Waals surface area contributed by atoms with Crippen LogP contribution in [0, 0.1) is 0 Å². The van der Waals surface area contributed by atoms with Gasteiger partial charge in [0, 0.05) is 5.69 Å². The van der Waals surface area contributed by atoms with E-state index in [4.69, 9.17) is 9.47 Å². The van der Waals surface area contributed by atoms with Gasteiger partial charge >= 0.3 is 0 Å². The Morgan fingerprint density at radius 3 is 2.04 bits per heavy atom. The molecule has 2 aromatic rings. The summed E-state index contributed by atoms with van der Waals surface area (Å²) in [6.45, 7) is 1.96. The Morgan fingerprint density at radius 2 is 1.50 bits per heavy atom. The lowest BCUT2D eigenvalue weighted by Gasteiger charge is -2.07. The highest BCUT2D eigenvalue weighted by molar-refractivity contribution is 5.99. The van der Waals surface area contributed by atoms with Crippen molar-refractivity contribution < 1.29 is 14.3 Å². The molecule has 0 aliphatic heterocycles. The maximum atomic E-state index is 11.9. The Morgan fingerprint density at radius 1 is 0.958 bits per heavy atom. The van der Waals surface area contributed by atoms with E-state index in [1.807, 2.05) is 55.5 Å². The van der Waals surface area contributed by atoms with Crippen molar-refractivity contribution in [1.82, 2.24) is 5.43 Å². The second-order valence-corrected chi connectivity index (χ2v) is 5.04. The third-order valence-electron chi connectivity index (χ3n) is 3.40. The molecule has 0 heterocycles. The fraction of sp³-hybridized carbons (Fsp3) is 0.222. The van der Waals surface area contributed by atoms with Crippen LogP contribution in [0.4, 0.5) is 5.69 Å². The maximum Gasteiger partial charge on any atom is 0.259 e.